The molecule has 0 amide bonds. The van der Waals surface area contributed by atoms with Gasteiger partial charge in [0.15, 0.2) is 0 Å². The minimum atomic E-state index is 0.156. The van der Waals surface area contributed by atoms with Gasteiger partial charge in [0.2, 0.25) is 5.95 Å². The third kappa shape index (κ3) is 5.13. The summed E-state index contributed by atoms with van der Waals surface area (Å²) >= 11 is 0. The van der Waals surface area contributed by atoms with Crippen LogP contribution in [0.4, 0.5) is 5.95 Å². The molecule has 0 spiro atoms. The number of anilines is 1. The third-order valence-corrected chi connectivity index (χ3v) is 2.63. The SMILES string of the molecule is CC(C)CCN(C)c1ncc(CC(C)N)cn1. The third-order valence-electron chi connectivity index (χ3n) is 2.63. The first-order valence-corrected chi connectivity index (χ1v) is 6.26. The largest absolute Gasteiger partial charge is 0.344 e. The molecule has 1 rings (SSSR count). The zero-order chi connectivity index (χ0) is 12.8. The summed E-state index contributed by atoms with van der Waals surface area (Å²) in [5.74, 6) is 1.49. The van der Waals surface area contributed by atoms with Gasteiger partial charge in [-0.25, -0.2) is 9.97 Å². The molecule has 0 aliphatic heterocycles. The molecule has 4 heteroatoms. The molecule has 2 N–H and O–H groups in total. The van der Waals surface area contributed by atoms with E-state index in [0.29, 0.717) is 5.92 Å². The lowest BCUT2D eigenvalue weighted by Crippen LogP contribution is -2.22. The highest BCUT2D eigenvalue weighted by Gasteiger charge is 2.06. The summed E-state index contributed by atoms with van der Waals surface area (Å²) < 4.78 is 0. The second kappa shape index (κ2) is 6.55. The fraction of sp³-hybridized carbons (Fsp3) is 0.692. The number of rotatable bonds is 6. The highest BCUT2D eigenvalue weighted by molar-refractivity contribution is 5.28. The topological polar surface area (TPSA) is 55.0 Å². The average molecular weight is 236 g/mol. The van der Waals surface area contributed by atoms with Crippen LogP contribution in [0.1, 0.15) is 32.8 Å². The van der Waals surface area contributed by atoms with Crippen molar-refractivity contribution in [3.8, 4) is 0 Å². The van der Waals surface area contributed by atoms with E-state index in [1.807, 2.05) is 26.4 Å². The summed E-state index contributed by atoms with van der Waals surface area (Å²) in [6, 6.07) is 0.156. The van der Waals surface area contributed by atoms with Gasteiger partial charge in [0.05, 0.1) is 0 Å². The van der Waals surface area contributed by atoms with Crippen LogP contribution in [-0.4, -0.2) is 29.6 Å². The summed E-state index contributed by atoms with van der Waals surface area (Å²) in [5.41, 5.74) is 6.84. The first-order chi connectivity index (χ1) is 7.99. The maximum atomic E-state index is 5.74. The standard InChI is InChI=1S/C13H24N4/c1-10(2)5-6-17(4)13-15-8-12(9-16-13)7-11(3)14/h8-11H,5-7,14H2,1-4H3. The van der Waals surface area contributed by atoms with Gasteiger partial charge in [-0.3, -0.25) is 0 Å². The van der Waals surface area contributed by atoms with Crippen LogP contribution in [0.15, 0.2) is 12.4 Å². The summed E-state index contributed by atoms with van der Waals surface area (Å²) in [6.45, 7) is 7.42. The zero-order valence-electron chi connectivity index (χ0n) is 11.3. The predicted molar refractivity (Wildman–Crippen MR) is 72.1 cm³/mol. The van der Waals surface area contributed by atoms with Crippen molar-refractivity contribution in [3.63, 3.8) is 0 Å². The molecular formula is C13H24N4. The molecule has 96 valence electrons. The molecule has 0 aliphatic carbocycles. The van der Waals surface area contributed by atoms with E-state index in [0.717, 1.165) is 30.9 Å². The van der Waals surface area contributed by atoms with E-state index in [9.17, 15) is 0 Å². The second-order valence-corrected chi connectivity index (χ2v) is 5.18. The van der Waals surface area contributed by atoms with E-state index >= 15 is 0 Å². The Hall–Kier alpha value is -1.16. The molecule has 0 aliphatic rings. The maximum absolute atomic E-state index is 5.74. The Bertz CT molecular complexity index is 319. The Kier molecular flexibility index (Phi) is 5.35. The molecule has 17 heavy (non-hydrogen) atoms. The van der Waals surface area contributed by atoms with Crippen molar-refractivity contribution >= 4 is 5.95 Å². The minimum Gasteiger partial charge on any atom is -0.344 e. The summed E-state index contributed by atoms with van der Waals surface area (Å²) in [7, 11) is 2.03. The maximum Gasteiger partial charge on any atom is 0.224 e. The van der Waals surface area contributed by atoms with E-state index in [-0.39, 0.29) is 6.04 Å². The molecule has 4 nitrogen and oxygen atoms in total. The zero-order valence-corrected chi connectivity index (χ0v) is 11.3. The Labute approximate surface area is 104 Å². The van der Waals surface area contributed by atoms with Gasteiger partial charge >= 0.3 is 0 Å². The second-order valence-electron chi connectivity index (χ2n) is 5.18. The number of nitrogens with zero attached hydrogens (tertiary/aromatic N) is 3. The van der Waals surface area contributed by atoms with Crippen molar-refractivity contribution in [2.75, 3.05) is 18.5 Å². The first-order valence-electron chi connectivity index (χ1n) is 6.26. The van der Waals surface area contributed by atoms with Crippen LogP contribution in [-0.2, 0) is 6.42 Å². The minimum absolute atomic E-state index is 0.156. The molecule has 1 heterocycles. The van der Waals surface area contributed by atoms with Crippen molar-refractivity contribution < 1.29 is 0 Å². The smallest absolute Gasteiger partial charge is 0.224 e. The lowest BCUT2D eigenvalue weighted by Gasteiger charge is -2.18. The van der Waals surface area contributed by atoms with E-state index in [1.165, 1.54) is 0 Å². The van der Waals surface area contributed by atoms with Gasteiger partial charge in [0.25, 0.3) is 0 Å². The molecule has 0 bridgehead atoms. The van der Waals surface area contributed by atoms with Crippen LogP contribution in [0, 0.1) is 5.92 Å². The fourth-order valence-electron chi connectivity index (χ4n) is 1.57. The van der Waals surface area contributed by atoms with Gasteiger partial charge < -0.3 is 10.6 Å². The van der Waals surface area contributed by atoms with Crippen LogP contribution >= 0.6 is 0 Å². The Morgan fingerprint density at radius 3 is 2.29 bits per heavy atom. The van der Waals surface area contributed by atoms with Crippen molar-refractivity contribution in [3.05, 3.63) is 18.0 Å². The van der Waals surface area contributed by atoms with E-state index in [2.05, 4.69) is 28.7 Å². The van der Waals surface area contributed by atoms with Crippen LogP contribution in [0.3, 0.4) is 0 Å². The molecule has 0 radical (unpaired) electrons. The van der Waals surface area contributed by atoms with E-state index in [4.69, 9.17) is 5.73 Å². The summed E-state index contributed by atoms with van der Waals surface area (Å²) in [5, 5.41) is 0. The van der Waals surface area contributed by atoms with Gasteiger partial charge in [-0.05, 0) is 31.2 Å². The fourth-order valence-corrected chi connectivity index (χ4v) is 1.57. The number of hydrogen-bond acceptors (Lipinski definition) is 4. The van der Waals surface area contributed by atoms with Gasteiger partial charge in [-0.15, -0.1) is 0 Å². The Morgan fingerprint density at radius 1 is 1.24 bits per heavy atom. The number of nitrogens with two attached hydrogens (primary N) is 1. The van der Waals surface area contributed by atoms with Crippen LogP contribution in [0.25, 0.3) is 0 Å². The van der Waals surface area contributed by atoms with Crippen molar-refractivity contribution in [1.29, 1.82) is 0 Å². The van der Waals surface area contributed by atoms with Crippen molar-refractivity contribution in [1.82, 2.24) is 9.97 Å². The molecule has 0 saturated heterocycles. The van der Waals surface area contributed by atoms with Gasteiger partial charge in [0, 0.05) is 32.0 Å². The van der Waals surface area contributed by atoms with Gasteiger partial charge in [-0.2, -0.15) is 0 Å². The Balaban J connectivity index is 2.54. The highest BCUT2D eigenvalue weighted by atomic mass is 15.2. The Morgan fingerprint density at radius 2 is 1.82 bits per heavy atom. The van der Waals surface area contributed by atoms with Crippen molar-refractivity contribution in [2.24, 2.45) is 11.7 Å². The lowest BCUT2D eigenvalue weighted by molar-refractivity contribution is 0.581. The molecule has 1 unspecified atom stereocenters. The van der Waals surface area contributed by atoms with Crippen LogP contribution in [0.5, 0.6) is 0 Å². The molecule has 0 aromatic carbocycles. The van der Waals surface area contributed by atoms with E-state index in [1.54, 1.807) is 0 Å². The summed E-state index contributed by atoms with van der Waals surface area (Å²) in [6.07, 6.45) is 5.73. The molecule has 1 atom stereocenters. The molecule has 0 fully saturated rings. The number of hydrogen-bond donors (Lipinski definition) is 1. The molecular weight excluding hydrogens is 212 g/mol. The normalized spacial score (nSPS) is 12.8. The molecule has 1 aromatic rings. The van der Waals surface area contributed by atoms with E-state index < -0.39 is 0 Å². The summed E-state index contributed by atoms with van der Waals surface area (Å²) in [4.78, 5) is 10.8. The number of aromatic nitrogens is 2. The van der Waals surface area contributed by atoms with Gasteiger partial charge in [-0.1, -0.05) is 13.8 Å². The van der Waals surface area contributed by atoms with Crippen LogP contribution < -0.4 is 10.6 Å². The van der Waals surface area contributed by atoms with Gasteiger partial charge in [0.1, 0.15) is 0 Å². The monoisotopic (exact) mass is 236 g/mol. The van der Waals surface area contributed by atoms with Crippen LogP contribution in [0.2, 0.25) is 0 Å². The van der Waals surface area contributed by atoms with Crippen molar-refractivity contribution in [2.45, 2.75) is 39.7 Å². The lowest BCUT2D eigenvalue weighted by atomic mass is 10.1. The predicted octanol–water partition coefficient (Wildman–Crippen LogP) is 1.85. The highest BCUT2D eigenvalue weighted by Crippen LogP contribution is 2.09. The average Bonchev–Trinajstić information content (AvgIpc) is 2.26. The molecule has 1 aromatic heterocycles. The quantitative estimate of drug-likeness (QED) is 0.819. The first kappa shape index (κ1) is 13.9. The molecule has 0 saturated carbocycles.